The molecule has 0 heterocycles. The summed E-state index contributed by atoms with van der Waals surface area (Å²) in [5.74, 6) is -0.203. The Morgan fingerprint density at radius 3 is 2.85 bits per heavy atom. The third-order valence-corrected chi connectivity index (χ3v) is 4.62. The third-order valence-electron chi connectivity index (χ3n) is 4.01. The molecule has 5 nitrogen and oxygen atoms in total. The third kappa shape index (κ3) is 2.78. The fraction of sp³-hybridized carbons (Fsp3) is 0.538. The van der Waals surface area contributed by atoms with Crippen LogP contribution in [0.3, 0.4) is 0 Å². The van der Waals surface area contributed by atoms with E-state index < -0.39 is 10.7 Å². The van der Waals surface area contributed by atoms with E-state index in [0.717, 1.165) is 19.3 Å². The van der Waals surface area contributed by atoms with Crippen molar-refractivity contribution in [2.24, 2.45) is 11.7 Å². The van der Waals surface area contributed by atoms with Crippen molar-refractivity contribution in [3.05, 3.63) is 32.5 Å². The zero-order valence-corrected chi connectivity index (χ0v) is 12.8. The topological polar surface area (TPSA) is 72.4 Å². The van der Waals surface area contributed by atoms with E-state index in [1.54, 1.807) is 11.9 Å². The summed E-state index contributed by atoms with van der Waals surface area (Å²) in [7, 11) is 1.77. The molecule has 2 N–H and O–H groups in total. The highest BCUT2D eigenvalue weighted by Crippen LogP contribution is 2.38. The first-order chi connectivity index (χ1) is 9.45. The number of nitrogens with two attached hydrogens (primary N) is 1. The minimum Gasteiger partial charge on any atom is -0.366 e. The summed E-state index contributed by atoms with van der Waals surface area (Å²) >= 11 is 2.99. The summed E-state index contributed by atoms with van der Waals surface area (Å²) in [5.41, 5.74) is 5.96. The van der Waals surface area contributed by atoms with Gasteiger partial charge in [0, 0.05) is 25.2 Å². The van der Waals surface area contributed by atoms with E-state index in [4.69, 9.17) is 5.73 Å². The summed E-state index contributed by atoms with van der Waals surface area (Å²) in [6, 6.07) is 2.56. The lowest BCUT2D eigenvalue weighted by Crippen LogP contribution is -2.38. The molecule has 0 radical (unpaired) electrons. The number of benzene rings is 1. The van der Waals surface area contributed by atoms with Crippen molar-refractivity contribution in [2.75, 3.05) is 18.5 Å². The number of anilines is 1. The minimum absolute atomic E-state index is 0.0940. The number of rotatable bonds is 4. The van der Waals surface area contributed by atoms with Gasteiger partial charge in [0.1, 0.15) is 11.5 Å². The van der Waals surface area contributed by atoms with Crippen LogP contribution in [0.4, 0.5) is 15.8 Å². The van der Waals surface area contributed by atoms with Crippen LogP contribution in [0.5, 0.6) is 0 Å². The molecule has 2 unspecified atom stereocenters. The normalized spacial score (nSPS) is 22.0. The number of hydrogen-bond acceptors (Lipinski definition) is 4. The fourth-order valence-electron chi connectivity index (χ4n) is 2.94. The summed E-state index contributed by atoms with van der Waals surface area (Å²) < 4.78 is 13.8. The van der Waals surface area contributed by atoms with E-state index in [1.165, 1.54) is 12.1 Å². The molecule has 1 aromatic rings. The highest BCUT2D eigenvalue weighted by atomic mass is 79.9. The number of nitro groups is 1. The molecule has 1 aliphatic carbocycles. The van der Waals surface area contributed by atoms with Crippen molar-refractivity contribution in [1.82, 2.24) is 0 Å². The number of halogens is 2. The molecule has 20 heavy (non-hydrogen) atoms. The van der Waals surface area contributed by atoms with Crippen molar-refractivity contribution in [1.29, 1.82) is 0 Å². The van der Waals surface area contributed by atoms with Gasteiger partial charge < -0.3 is 10.6 Å². The van der Waals surface area contributed by atoms with Crippen LogP contribution < -0.4 is 10.6 Å². The molecule has 1 fully saturated rings. The van der Waals surface area contributed by atoms with Gasteiger partial charge in [0.15, 0.2) is 0 Å². The van der Waals surface area contributed by atoms with Crippen LogP contribution in [-0.2, 0) is 0 Å². The molecule has 0 amide bonds. The highest BCUT2D eigenvalue weighted by Gasteiger charge is 2.32. The average Bonchev–Trinajstić information content (AvgIpc) is 2.88. The standard InChI is InChI=1S/C13H17BrFN3O2/c1-17(11-4-2-3-8(11)7-16)12-6-10(15)9(14)5-13(12)18(19)20/h5-6,8,11H,2-4,7,16H2,1H3. The molecular formula is C13H17BrFN3O2. The molecule has 0 bridgehead atoms. The lowest BCUT2D eigenvalue weighted by Gasteiger charge is -2.30. The van der Waals surface area contributed by atoms with E-state index >= 15 is 0 Å². The second-order valence-corrected chi connectivity index (χ2v) is 5.97. The van der Waals surface area contributed by atoms with Crippen molar-refractivity contribution in [2.45, 2.75) is 25.3 Å². The Balaban J connectivity index is 2.40. The van der Waals surface area contributed by atoms with Gasteiger partial charge in [0.2, 0.25) is 0 Å². The van der Waals surface area contributed by atoms with Crippen LogP contribution in [0, 0.1) is 21.8 Å². The number of nitrogens with zero attached hydrogens (tertiary/aromatic N) is 2. The Labute approximate surface area is 125 Å². The van der Waals surface area contributed by atoms with Crippen LogP contribution in [0.1, 0.15) is 19.3 Å². The highest BCUT2D eigenvalue weighted by molar-refractivity contribution is 9.10. The van der Waals surface area contributed by atoms with E-state index in [-0.39, 0.29) is 16.2 Å². The monoisotopic (exact) mass is 345 g/mol. The van der Waals surface area contributed by atoms with Gasteiger partial charge in [-0.2, -0.15) is 0 Å². The molecule has 0 aliphatic heterocycles. The second-order valence-electron chi connectivity index (χ2n) is 5.12. The molecule has 110 valence electrons. The predicted octanol–water partition coefficient (Wildman–Crippen LogP) is 3.06. The van der Waals surface area contributed by atoms with Gasteiger partial charge in [0.05, 0.1) is 9.40 Å². The van der Waals surface area contributed by atoms with Crippen molar-refractivity contribution < 1.29 is 9.31 Å². The maximum absolute atomic E-state index is 13.7. The van der Waals surface area contributed by atoms with Gasteiger partial charge in [0.25, 0.3) is 5.69 Å². The first kappa shape index (κ1) is 15.2. The first-order valence-corrected chi connectivity index (χ1v) is 7.31. The maximum Gasteiger partial charge on any atom is 0.293 e. The molecule has 1 saturated carbocycles. The van der Waals surface area contributed by atoms with Gasteiger partial charge in [-0.3, -0.25) is 10.1 Å². The Morgan fingerprint density at radius 2 is 2.25 bits per heavy atom. The fourth-order valence-corrected chi connectivity index (χ4v) is 3.27. The Kier molecular flexibility index (Phi) is 4.59. The molecule has 1 aromatic carbocycles. The maximum atomic E-state index is 13.7. The molecule has 1 aliphatic rings. The van der Waals surface area contributed by atoms with Gasteiger partial charge >= 0.3 is 0 Å². The summed E-state index contributed by atoms with van der Waals surface area (Å²) in [4.78, 5) is 12.5. The van der Waals surface area contributed by atoms with Gasteiger partial charge in [-0.15, -0.1) is 0 Å². The second kappa shape index (κ2) is 6.05. The van der Waals surface area contributed by atoms with Crippen LogP contribution in [0.25, 0.3) is 0 Å². The van der Waals surface area contributed by atoms with Crippen LogP contribution in [0.2, 0.25) is 0 Å². The van der Waals surface area contributed by atoms with E-state index in [1.807, 2.05) is 0 Å². The van der Waals surface area contributed by atoms with E-state index in [0.29, 0.717) is 18.2 Å². The molecule has 0 spiro atoms. The first-order valence-electron chi connectivity index (χ1n) is 6.52. The smallest absolute Gasteiger partial charge is 0.293 e. The molecule has 0 saturated heterocycles. The van der Waals surface area contributed by atoms with E-state index in [9.17, 15) is 14.5 Å². The van der Waals surface area contributed by atoms with Crippen LogP contribution in [0.15, 0.2) is 16.6 Å². The van der Waals surface area contributed by atoms with Crippen LogP contribution >= 0.6 is 15.9 Å². The number of nitro benzene ring substituents is 1. The lowest BCUT2D eigenvalue weighted by molar-refractivity contribution is -0.384. The van der Waals surface area contributed by atoms with Crippen LogP contribution in [-0.4, -0.2) is 24.6 Å². The van der Waals surface area contributed by atoms with Crippen molar-refractivity contribution in [3.63, 3.8) is 0 Å². The quantitative estimate of drug-likeness (QED) is 0.672. The summed E-state index contributed by atoms with van der Waals surface area (Å²) in [5, 5.41) is 11.2. The van der Waals surface area contributed by atoms with Gasteiger partial charge in [-0.05, 0) is 41.2 Å². The molecule has 2 rings (SSSR count). The predicted molar refractivity (Wildman–Crippen MR) is 79.3 cm³/mol. The number of hydrogen-bond donors (Lipinski definition) is 1. The van der Waals surface area contributed by atoms with Crippen molar-refractivity contribution >= 4 is 27.3 Å². The summed E-state index contributed by atoms with van der Waals surface area (Å²) in [6.45, 7) is 0.543. The molecular weight excluding hydrogens is 329 g/mol. The average molecular weight is 346 g/mol. The lowest BCUT2D eigenvalue weighted by atomic mass is 10.0. The SMILES string of the molecule is CN(c1cc(F)c(Br)cc1[N+](=O)[O-])C1CCCC1CN. The van der Waals surface area contributed by atoms with Crippen molar-refractivity contribution in [3.8, 4) is 0 Å². The largest absolute Gasteiger partial charge is 0.366 e. The Bertz CT molecular complexity index is 527. The Hall–Kier alpha value is -1.21. The molecule has 2 atom stereocenters. The minimum atomic E-state index is -0.500. The van der Waals surface area contributed by atoms with Gasteiger partial charge in [-0.1, -0.05) is 6.42 Å². The van der Waals surface area contributed by atoms with Gasteiger partial charge in [-0.25, -0.2) is 4.39 Å². The zero-order chi connectivity index (χ0) is 14.9. The summed E-state index contributed by atoms with van der Waals surface area (Å²) in [6.07, 6.45) is 2.98. The molecule has 7 heteroatoms. The Morgan fingerprint density at radius 1 is 1.55 bits per heavy atom. The van der Waals surface area contributed by atoms with E-state index in [2.05, 4.69) is 15.9 Å². The zero-order valence-electron chi connectivity index (χ0n) is 11.2. The molecule has 0 aromatic heterocycles.